The second-order valence-corrected chi connectivity index (χ2v) is 13.3. The van der Waals surface area contributed by atoms with Crippen molar-refractivity contribution in [3.63, 3.8) is 0 Å². The second kappa shape index (κ2) is 15.9. The molecule has 2 aliphatic heterocycles. The van der Waals surface area contributed by atoms with Gasteiger partial charge < -0.3 is 34.5 Å². The molecule has 0 unspecified atom stereocenters. The van der Waals surface area contributed by atoms with E-state index < -0.39 is 12.4 Å². The van der Waals surface area contributed by atoms with Gasteiger partial charge in [-0.1, -0.05) is 85.5 Å². The van der Waals surface area contributed by atoms with Gasteiger partial charge >= 0.3 is 11.8 Å². The Kier molecular flexibility index (Phi) is 10.7. The van der Waals surface area contributed by atoms with Gasteiger partial charge in [-0.25, -0.2) is 9.59 Å². The fourth-order valence-electron chi connectivity index (χ4n) is 7.20. The van der Waals surface area contributed by atoms with Gasteiger partial charge in [-0.15, -0.1) is 0 Å². The van der Waals surface area contributed by atoms with Crippen molar-refractivity contribution in [2.75, 3.05) is 26.2 Å². The molecule has 0 aliphatic carbocycles. The Morgan fingerprint density at radius 2 is 1.69 bits per heavy atom. The van der Waals surface area contributed by atoms with Crippen LogP contribution < -0.4 is 11.0 Å². The Labute approximate surface area is 297 Å². The summed E-state index contributed by atoms with van der Waals surface area (Å²) in [6.45, 7) is 6.54. The minimum absolute atomic E-state index is 0.00968. The number of hydrogen-bond donors (Lipinski definition) is 3. The maximum Gasteiger partial charge on any atom is 0.407 e. The summed E-state index contributed by atoms with van der Waals surface area (Å²) in [6.07, 6.45) is 2.64. The summed E-state index contributed by atoms with van der Waals surface area (Å²) < 4.78 is 20.4. The number of aliphatic hydroxyl groups excluding tert-OH is 1. The van der Waals surface area contributed by atoms with Crippen molar-refractivity contribution in [3.05, 3.63) is 142 Å². The molecule has 0 bridgehead atoms. The normalized spacial score (nSPS) is 19.9. The van der Waals surface area contributed by atoms with Crippen LogP contribution >= 0.6 is 0 Å². The highest BCUT2D eigenvalue weighted by Crippen LogP contribution is 2.39. The monoisotopic (exact) mass is 688 g/mol. The average molecular weight is 689 g/mol. The molecule has 0 spiro atoms. The number of amides is 1. The van der Waals surface area contributed by atoms with Crippen molar-refractivity contribution in [3.8, 4) is 11.1 Å². The van der Waals surface area contributed by atoms with Gasteiger partial charge in [-0.05, 0) is 64.9 Å². The van der Waals surface area contributed by atoms with Gasteiger partial charge in [0.2, 0.25) is 0 Å². The molecule has 3 atom stereocenters. The Balaban J connectivity index is 1.06. The number of nitrogens with zero attached hydrogens (tertiary/aromatic N) is 2. The first-order valence-electron chi connectivity index (χ1n) is 17.6. The number of rotatable bonds is 11. The number of piperidine rings is 1. The fraction of sp³-hybridized carbons (Fsp3) is 0.317. The number of hydrogen-bond acceptors (Lipinski definition) is 7. The van der Waals surface area contributed by atoms with E-state index in [2.05, 4.69) is 40.0 Å². The Morgan fingerprint density at radius 3 is 2.47 bits per heavy atom. The largest absolute Gasteiger partial charge is 0.445 e. The Hall–Kier alpha value is -5.00. The van der Waals surface area contributed by atoms with Crippen molar-refractivity contribution < 1.29 is 24.1 Å². The highest BCUT2D eigenvalue weighted by Gasteiger charge is 2.34. The summed E-state index contributed by atoms with van der Waals surface area (Å²) >= 11 is 0. The first kappa shape index (κ1) is 34.4. The summed E-state index contributed by atoms with van der Waals surface area (Å²) in [4.78, 5) is 30.3. The Bertz CT molecular complexity index is 2010. The van der Waals surface area contributed by atoms with Crippen LogP contribution in [0.4, 0.5) is 4.79 Å². The van der Waals surface area contributed by atoms with E-state index in [1.807, 2.05) is 83.4 Å². The van der Waals surface area contributed by atoms with E-state index >= 15 is 0 Å². The molecular weight excluding hydrogens is 644 g/mol. The van der Waals surface area contributed by atoms with Crippen LogP contribution in [-0.4, -0.2) is 58.0 Å². The number of nitrogens with one attached hydrogen (secondary N) is 2. The van der Waals surface area contributed by atoms with Crippen LogP contribution in [-0.2, 0) is 27.4 Å². The lowest BCUT2D eigenvalue weighted by Gasteiger charge is -2.40. The minimum atomic E-state index is -0.585. The first-order chi connectivity index (χ1) is 25.0. The molecule has 4 aromatic carbocycles. The number of carbonyl (C=O) groups is 1. The molecule has 264 valence electrons. The minimum Gasteiger partial charge on any atom is -0.445 e. The molecule has 5 aromatic rings. The number of carbonyl (C=O) groups excluding carboxylic acids is 1. The molecule has 10 heteroatoms. The summed E-state index contributed by atoms with van der Waals surface area (Å²) in [5, 5.41) is 12.4. The molecular formula is C41H44N4O6. The average Bonchev–Trinajstić information content (AvgIpc) is 3.52. The number of benzene rings is 4. The maximum atomic E-state index is 12.9. The molecule has 2 aliphatic rings. The molecule has 2 saturated heterocycles. The van der Waals surface area contributed by atoms with Gasteiger partial charge in [-0.3, -0.25) is 4.57 Å². The summed E-state index contributed by atoms with van der Waals surface area (Å²) in [7, 11) is 0. The van der Waals surface area contributed by atoms with Crippen LogP contribution in [0.25, 0.3) is 22.2 Å². The third-order valence-electron chi connectivity index (χ3n) is 9.81. The zero-order chi connectivity index (χ0) is 35.2. The molecule has 10 nitrogen and oxygen atoms in total. The SMILES string of the molecule is C=CCOC(=O)NCc1cccc(-c2cccc([C@@H]3O[C@H](CN4CCC(n5c(=O)[nH]c6ccccc65)CC4)C[C@H](c4ccc(CO)cc4)O3)c2)c1. The van der Waals surface area contributed by atoms with E-state index in [-0.39, 0.29) is 37.2 Å². The number of imidazole rings is 1. The molecule has 1 amide bonds. The quantitative estimate of drug-likeness (QED) is 0.131. The van der Waals surface area contributed by atoms with Crippen molar-refractivity contribution in [1.82, 2.24) is 19.8 Å². The molecule has 2 fully saturated rings. The highest BCUT2D eigenvalue weighted by atomic mass is 16.7. The van der Waals surface area contributed by atoms with Crippen molar-refractivity contribution >= 4 is 17.1 Å². The smallest absolute Gasteiger partial charge is 0.407 e. The predicted octanol–water partition coefficient (Wildman–Crippen LogP) is 6.78. The fourth-order valence-corrected chi connectivity index (χ4v) is 7.20. The number of ether oxygens (including phenoxy) is 3. The van der Waals surface area contributed by atoms with Gasteiger partial charge in [0.25, 0.3) is 0 Å². The standard InChI is InChI=1S/C41H44N4O6/c1-2-21-49-41(48)42-25-29-7-5-8-31(22-29)32-9-6-10-33(23-32)39-50-35(24-38(51-39)30-15-13-28(27-46)14-16-30)26-44-19-17-34(18-20-44)45-37-12-4-3-11-36(37)43-40(45)47/h2-16,22-23,34-35,38-39,46H,1,17-21,24-27H2,(H,42,48)(H,43,47)/t35-,38+,39+/m0/s1. The molecule has 3 heterocycles. The van der Waals surface area contributed by atoms with E-state index in [1.54, 1.807) is 0 Å². The van der Waals surface area contributed by atoms with Crippen molar-refractivity contribution in [2.45, 2.75) is 57.0 Å². The number of aliphatic hydroxyl groups is 1. The number of likely N-dealkylation sites (tertiary alicyclic amines) is 1. The first-order valence-corrected chi connectivity index (χ1v) is 17.6. The van der Waals surface area contributed by atoms with Gasteiger partial charge in [0.05, 0.1) is 29.8 Å². The number of para-hydroxylation sites is 2. The third kappa shape index (κ3) is 8.16. The van der Waals surface area contributed by atoms with Crippen LogP contribution in [0.1, 0.15) is 60.0 Å². The summed E-state index contributed by atoms with van der Waals surface area (Å²) in [5.41, 5.74) is 7.58. The maximum absolute atomic E-state index is 12.9. The number of alkyl carbamates (subject to hydrolysis) is 1. The Morgan fingerprint density at radius 1 is 0.922 bits per heavy atom. The van der Waals surface area contributed by atoms with Gasteiger partial charge in [0.1, 0.15) is 6.61 Å². The highest BCUT2D eigenvalue weighted by molar-refractivity contribution is 5.75. The van der Waals surface area contributed by atoms with Gasteiger partial charge in [-0.2, -0.15) is 0 Å². The number of aromatic amines is 1. The second-order valence-electron chi connectivity index (χ2n) is 13.3. The molecule has 1 aromatic heterocycles. The number of fused-ring (bicyclic) bond motifs is 1. The van der Waals surface area contributed by atoms with Crippen molar-refractivity contribution in [2.24, 2.45) is 0 Å². The lowest BCUT2D eigenvalue weighted by Crippen LogP contribution is -2.43. The number of aromatic nitrogens is 2. The third-order valence-corrected chi connectivity index (χ3v) is 9.81. The van der Waals surface area contributed by atoms with E-state index in [9.17, 15) is 14.7 Å². The van der Waals surface area contributed by atoms with Crippen LogP contribution in [0.3, 0.4) is 0 Å². The van der Waals surface area contributed by atoms with E-state index in [4.69, 9.17) is 14.2 Å². The van der Waals surface area contributed by atoms with Crippen LogP contribution in [0.15, 0.2) is 115 Å². The van der Waals surface area contributed by atoms with E-state index in [0.717, 1.165) is 76.9 Å². The summed E-state index contributed by atoms with van der Waals surface area (Å²) in [5.74, 6) is 0. The predicted molar refractivity (Wildman–Crippen MR) is 196 cm³/mol. The number of H-pyrrole nitrogens is 1. The van der Waals surface area contributed by atoms with E-state index in [0.29, 0.717) is 13.0 Å². The van der Waals surface area contributed by atoms with Crippen LogP contribution in [0, 0.1) is 0 Å². The van der Waals surface area contributed by atoms with Gasteiger partial charge in [0, 0.05) is 44.2 Å². The molecule has 0 saturated carbocycles. The summed E-state index contributed by atoms with van der Waals surface area (Å²) in [6, 6.07) is 32.2. The molecule has 7 rings (SSSR count). The molecule has 51 heavy (non-hydrogen) atoms. The molecule has 3 N–H and O–H groups in total. The molecule has 0 radical (unpaired) electrons. The topological polar surface area (TPSA) is 118 Å². The lowest BCUT2D eigenvalue weighted by atomic mass is 9.97. The zero-order valence-corrected chi connectivity index (χ0v) is 28.6. The van der Waals surface area contributed by atoms with Crippen LogP contribution in [0.2, 0.25) is 0 Å². The lowest BCUT2D eigenvalue weighted by molar-refractivity contribution is -0.253. The van der Waals surface area contributed by atoms with Gasteiger partial charge in [0.15, 0.2) is 6.29 Å². The van der Waals surface area contributed by atoms with Crippen molar-refractivity contribution in [1.29, 1.82) is 0 Å². The van der Waals surface area contributed by atoms with E-state index in [1.165, 1.54) is 6.08 Å². The van der Waals surface area contributed by atoms with Crippen LogP contribution in [0.5, 0.6) is 0 Å². The zero-order valence-electron chi connectivity index (χ0n) is 28.6.